The zero-order valence-electron chi connectivity index (χ0n) is 8.57. The van der Waals surface area contributed by atoms with Gasteiger partial charge in [0.15, 0.2) is 0 Å². The van der Waals surface area contributed by atoms with Crippen LogP contribution in [0.1, 0.15) is 24.8 Å². The first-order chi connectivity index (χ1) is 7.23. The maximum atomic E-state index is 10.5. The van der Waals surface area contributed by atoms with Crippen molar-refractivity contribution >= 4 is 6.09 Å². The van der Waals surface area contributed by atoms with Crippen molar-refractivity contribution in [3.63, 3.8) is 0 Å². The van der Waals surface area contributed by atoms with Crippen molar-refractivity contribution in [2.45, 2.75) is 24.7 Å². The van der Waals surface area contributed by atoms with E-state index in [1.165, 1.54) is 12.0 Å². The monoisotopic (exact) mass is 205 g/mol. The van der Waals surface area contributed by atoms with Gasteiger partial charge in [-0.15, -0.1) is 0 Å². The van der Waals surface area contributed by atoms with Gasteiger partial charge in [-0.2, -0.15) is 0 Å². The summed E-state index contributed by atoms with van der Waals surface area (Å²) >= 11 is 0. The van der Waals surface area contributed by atoms with Crippen LogP contribution in [0.2, 0.25) is 0 Å². The lowest BCUT2D eigenvalue weighted by molar-refractivity contribution is 0.179. The molecular formula is C12H15NO2. The largest absolute Gasteiger partial charge is 0.465 e. The first-order valence-electron chi connectivity index (χ1n) is 5.25. The van der Waals surface area contributed by atoms with Crippen LogP contribution >= 0.6 is 0 Å². The van der Waals surface area contributed by atoms with Crippen molar-refractivity contribution < 1.29 is 9.90 Å². The van der Waals surface area contributed by atoms with E-state index in [1.54, 1.807) is 0 Å². The molecule has 0 unspecified atom stereocenters. The van der Waals surface area contributed by atoms with Crippen LogP contribution in [0.15, 0.2) is 30.3 Å². The molecule has 0 aliphatic heterocycles. The maximum absolute atomic E-state index is 10.5. The maximum Gasteiger partial charge on any atom is 0.404 e. The molecule has 1 amide bonds. The third-order valence-electron chi connectivity index (χ3n) is 3.27. The summed E-state index contributed by atoms with van der Waals surface area (Å²) in [4.78, 5) is 10.5. The molecule has 1 fully saturated rings. The van der Waals surface area contributed by atoms with Gasteiger partial charge in [-0.1, -0.05) is 36.8 Å². The fourth-order valence-electron chi connectivity index (χ4n) is 2.21. The first-order valence-corrected chi connectivity index (χ1v) is 5.25. The number of benzene rings is 1. The summed E-state index contributed by atoms with van der Waals surface area (Å²) in [6.07, 6.45) is 2.42. The number of hydrogen-bond donors (Lipinski definition) is 2. The van der Waals surface area contributed by atoms with Gasteiger partial charge in [0, 0.05) is 12.0 Å². The Balaban J connectivity index is 2.12. The Morgan fingerprint density at radius 2 is 2.00 bits per heavy atom. The predicted molar refractivity (Wildman–Crippen MR) is 58.0 cm³/mol. The molecule has 80 valence electrons. The summed E-state index contributed by atoms with van der Waals surface area (Å²) in [5.41, 5.74) is 1.31. The molecule has 0 atom stereocenters. The van der Waals surface area contributed by atoms with Gasteiger partial charge in [0.25, 0.3) is 0 Å². The van der Waals surface area contributed by atoms with E-state index >= 15 is 0 Å². The number of amides is 1. The Labute approximate surface area is 89.1 Å². The zero-order chi connectivity index (χ0) is 10.7. The lowest BCUT2D eigenvalue weighted by Crippen LogP contribution is -2.45. The van der Waals surface area contributed by atoms with Crippen LogP contribution in [0, 0.1) is 0 Å². The first kappa shape index (κ1) is 10.0. The molecule has 0 aromatic heterocycles. The summed E-state index contributed by atoms with van der Waals surface area (Å²) in [6, 6.07) is 10.2. The van der Waals surface area contributed by atoms with E-state index in [9.17, 15) is 4.79 Å². The van der Waals surface area contributed by atoms with E-state index in [2.05, 4.69) is 17.4 Å². The standard InChI is InChI=1S/C12H15NO2/c14-11(15)13-9-12(7-4-8-12)10-5-2-1-3-6-10/h1-3,5-6,13H,4,7-9H2,(H,14,15). The SMILES string of the molecule is O=C(O)NCC1(c2ccccc2)CCC1. The van der Waals surface area contributed by atoms with Gasteiger partial charge in [0.1, 0.15) is 0 Å². The van der Waals surface area contributed by atoms with Crippen LogP contribution in [-0.4, -0.2) is 17.7 Å². The molecule has 0 spiro atoms. The normalized spacial score (nSPS) is 17.9. The molecule has 3 nitrogen and oxygen atoms in total. The summed E-state index contributed by atoms with van der Waals surface area (Å²) in [5, 5.41) is 11.1. The Morgan fingerprint density at radius 3 is 2.47 bits per heavy atom. The molecule has 1 aliphatic carbocycles. The Morgan fingerprint density at radius 1 is 1.33 bits per heavy atom. The topological polar surface area (TPSA) is 49.3 Å². The van der Waals surface area contributed by atoms with Crippen LogP contribution < -0.4 is 5.32 Å². The molecule has 2 N–H and O–H groups in total. The van der Waals surface area contributed by atoms with Crippen LogP contribution in [0.3, 0.4) is 0 Å². The van der Waals surface area contributed by atoms with Crippen LogP contribution in [0.25, 0.3) is 0 Å². The Hall–Kier alpha value is -1.51. The van der Waals surface area contributed by atoms with Crippen molar-refractivity contribution in [3.8, 4) is 0 Å². The average molecular weight is 205 g/mol. The minimum absolute atomic E-state index is 0.0552. The number of nitrogens with one attached hydrogen (secondary N) is 1. The van der Waals surface area contributed by atoms with Crippen LogP contribution in [-0.2, 0) is 5.41 Å². The van der Waals surface area contributed by atoms with Gasteiger partial charge in [-0.25, -0.2) is 4.79 Å². The number of carboxylic acid groups (broad SMARTS) is 1. The Bertz CT molecular complexity index is 344. The van der Waals surface area contributed by atoms with E-state index in [0.29, 0.717) is 6.54 Å². The van der Waals surface area contributed by atoms with Gasteiger partial charge >= 0.3 is 6.09 Å². The highest BCUT2D eigenvalue weighted by molar-refractivity contribution is 5.64. The fraction of sp³-hybridized carbons (Fsp3) is 0.417. The quantitative estimate of drug-likeness (QED) is 0.795. The molecule has 1 saturated carbocycles. The van der Waals surface area contributed by atoms with Crippen molar-refractivity contribution in [1.82, 2.24) is 5.32 Å². The van der Waals surface area contributed by atoms with E-state index < -0.39 is 6.09 Å². The molecule has 15 heavy (non-hydrogen) atoms. The van der Waals surface area contributed by atoms with Gasteiger partial charge < -0.3 is 10.4 Å². The second kappa shape index (κ2) is 3.93. The van der Waals surface area contributed by atoms with Gasteiger partial charge in [0.05, 0.1) is 0 Å². The van der Waals surface area contributed by atoms with Gasteiger partial charge in [-0.05, 0) is 18.4 Å². The highest BCUT2D eigenvalue weighted by Crippen LogP contribution is 2.42. The molecule has 1 aromatic carbocycles. The molecule has 0 bridgehead atoms. The van der Waals surface area contributed by atoms with E-state index in [-0.39, 0.29) is 5.41 Å². The summed E-state index contributed by atoms with van der Waals surface area (Å²) in [7, 11) is 0. The molecule has 2 rings (SSSR count). The highest BCUT2D eigenvalue weighted by atomic mass is 16.4. The zero-order valence-corrected chi connectivity index (χ0v) is 8.57. The van der Waals surface area contributed by atoms with Crippen molar-refractivity contribution in [2.24, 2.45) is 0 Å². The number of carbonyl (C=O) groups is 1. The van der Waals surface area contributed by atoms with Crippen LogP contribution in [0.4, 0.5) is 4.79 Å². The summed E-state index contributed by atoms with van der Waals surface area (Å²) < 4.78 is 0. The molecule has 1 aromatic rings. The number of rotatable bonds is 3. The molecule has 0 saturated heterocycles. The third kappa shape index (κ3) is 1.96. The minimum Gasteiger partial charge on any atom is -0.465 e. The summed E-state index contributed by atoms with van der Waals surface area (Å²) in [5.74, 6) is 0. The number of hydrogen-bond acceptors (Lipinski definition) is 1. The summed E-state index contributed by atoms with van der Waals surface area (Å²) in [6.45, 7) is 0.534. The van der Waals surface area contributed by atoms with Crippen LogP contribution in [0.5, 0.6) is 0 Å². The van der Waals surface area contributed by atoms with E-state index in [0.717, 1.165) is 12.8 Å². The average Bonchev–Trinajstić information content (AvgIpc) is 2.17. The molecule has 0 heterocycles. The van der Waals surface area contributed by atoms with E-state index in [1.807, 2.05) is 18.2 Å². The fourth-order valence-corrected chi connectivity index (χ4v) is 2.21. The van der Waals surface area contributed by atoms with Crippen molar-refractivity contribution in [2.75, 3.05) is 6.54 Å². The lowest BCUT2D eigenvalue weighted by Gasteiger charge is -2.42. The lowest BCUT2D eigenvalue weighted by atomic mass is 9.64. The van der Waals surface area contributed by atoms with E-state index in [4.69, 9.17) is 5.11 Å². The Kier molecular flexibility index (Phi) is 2.62. The molecule has 0 radical (unpaired) electrons. The van der Waals surface area contributed by atoms with Crippen molar-refractivity contribution in [3.05, 3.63) is 35.9 Å². The predicted octanol–water partition coefficient (Wildman–Crippen LogP) is 2.38. The molecular weight excluding hydrogens is 190 g/mol. The smallest absolute Gasteiger partial charge is 0.404 e. The van der Waals surface area contributed by atoms with Gasteiger partial charge in [-0.3, -0.25) is 0 Å². The van der Waals surface area contributed by atoms with Gasteiger partial charge in [0.2, 0.25) is 0 Å². The second-order valence-electron chi connectivity index (χ2n) is 4.16. The molecule has 3 heteroatoms. The molecule has 1 aliphatic rings. The van der Waals surface area contributed by atoms with Crippen molar-refractivity contribution in [1.29, 1.82) is 0 Å². The minimum atomic E-state index is -0.933. The third-order valence-corrected chi connectivity index (χ3v) is 3.27. The second-order valence-corrected chi connectivity index (χ2v) is 4.16. The highest BCUT2D eigenvalue weighted by Gasteiger charge is 2.38.